The number of nitrogens with zero attached hydrogens (tertiary/aromatic N) is 2. The van der Waals surface area contributed by atoms with E-state index in [9.17, 15) is 18.0 Å². The van der Waals surface area contributed by atoms with Gasteiger partial charge in [-0.1, -0.05) is 29.3 Å². The highest BCUT2D eigenvalue weighted by Gasteiger charge is 2.33. The molecule has 0 aliphatic rings. The van der Waals surface area contributed by atoms with Crippen molar-refractivity contribution in [3.05, 3.63) is 52.0 Å². The number of benzene rings is 2. The van der Waals surface area contributed by atoms with Gasteiger partial charge in [0.2, 0.25) is 21.8 Å². The highest BCUT2D eigenvalue weighted by Crippen LogP contribution is 2.34. The van der Waals surface area contributed by atoms with E-state index in [-0.39, 0.29) is 18.0 Å². The van der Waals surface area contributed by atoms with Gasteiger partial charge in [-0.2, -0.15) is 0 Å². The number of halogens is 2. The van der Waals surface area contributed by atoms with Crippen LogP contribution >= 0.6 is 23.2 Å². The fourth-order valence-electron chi connectivity index (χ4n) is 3.50. The lowest BCUT2D eigenvalue weighted by Crippen LogP contribution is -2.54. The number of hydrogen-bond acceptors (Lipinski definition) is 6. The normalized spacial score (nSPS) is 12.5. The summed E-state index contributed by atoms with van der Waals surface area (Å²) < 4.78 is 37.2. The molecule has 0 aromatic heterocycles. The molecule has 0 heterocycles. The Morgan fingerprint density at radius 2 is 1.65 bits per heavy atom. The molecule has 2 aromatic carbocycles. The summed E-state index contributed by atoms with van der Waals surface area (Å²) in [6.07, 6.45) is 0.976. The monoisotopic (exact) mass is 573 g/mol. The van der Waals surface area contributed by atoms with Crippen molar-refractivity contribution < 1.29 is 27.5 Å². The van der Waals surface area contributed by atoms with Gasteiger partial charge in [0.1, 0.15) is 24.1 Å². The minimum Gasteiger partial charge on any atom is -0.497 e. The lowest BCUT2D eigenvalue weighted by molar-refractivity contribution is -0.140. The predicted octanol–water partition coefficient (Wildman–Crippen LogP) is 4.11. The van der Waals surface area contributed by atoms with Gasteiger partial charge in [0, 0.05) is 33.8 Å². The fraction of sp³-hybridized carbons (Fsp3) is 0.440. The quantitative estimate of drug-likeness (QED) is 0.458. The average Bonchev–Trinajstić information content (AvgIpc) is 2.79. The maximum absolute atomic E-state index is 13.7. The molecule has 1 atom stereocenters. The smallest absolute Gasteiger partial charge is 0.244 e. The molecule has 2 rings (SSSR count). The molecular formula is C25H33Cl2N3O6S. The number of hydrogen-bond donors (Lipinski definition) is 1. The number of carbonyl (C=O) groups is 2. The van der Waals surface area contributed by atoms with Crippen LogP contribution in [0.25, 0.3) is 0 Å². The zero-order valence-corrected chi connectivity index (χ0v) is 24.3. The van der Waals surface area contributed by atoms with Crippen LogP contribution in [0.4, 0.5) is 5.69 Å². The van der Waals surface area contributed by atoms with Crippen LogP contribution in [0.15, 0.2) is 36.4 Å². The molecule has 0 aliphatic carbocycles. The SMILES string of the molecule is COc1ccc(OC)c(N(CC(=O)N(Cc2c(Cl)cccc2Cl)[C@H](C)C(=O)NC(C)(C)C)S(C)(=O)=O)c1. The lowest BCUT2D eigenvalue weighted by atomic mass is 10.1. The van der Waals surface area contributed by atoms with E-state index in [2.05, 4.69) is 5.32 Å². The van der Waals surface area contributed by atoms with Gasteiger partial charge in [-0.15, -0.1) is 0 Å². The van der Waals surface area contributed by atoms with Crippen LogP contribution in [0.3, 0.4) is 0 Å². The number of ether oxygens (including phenoxy) is 2. The molecule has 0 radical (unpaired) electrons. The maximum Gasteiger partial charge on any atom is 0.244 e. The summed E-state index contributed by atoms with van der Waals surface area (Å²) in [6.45, 7) is 6.26. The maximum atomic E-state index is 13.7. The Bertz CT molecular complexity index is 1230. The first-order valence-electron chi connectivity index (χ1n) is 11.3. The molecule has 37 heavy (non-hydrogen) atoms. The van der Waals surface area contributed by atoms with Crippen LogP contribution < -0.4 is 19.1 Å². The van der Waals surface area contributed by atoms with Crippen molar-refractivity contribution in [1.29, 1.82) is 0 Å². The van der Waals surface area contributed by atoms with Gasteiger partial charge in [-0.3, -0.25) is 13.9 Å². The number of amides is 2. The van der Waals surface area contributed by atoms with E-state index >= 15 is 0 Å². The van der Waals surface area contributed by atoms with E-state index in [1.165, 1.54) is 31.3 Å². The number of carbonyl (C=O) groups excluding carboxylic acids is 2. The summed E-state index contributed by atoms with van der Waals surface area (Å²) >= 11 is 12.7. The Morgan fingerprint density at radius 1 is 1.05 bits per heavy atom. The van der Waals surface area contributed by atoms with Crippen molar-refractivity contribution in [2.45, 2.75) is 45.8 Å². The second kappa shape index (κ2) is 12.2. The van der Waals surface area contributed by atoms with Gasteiger partial charge < -0.3 is 19.7 Å². The summed E-state index contributed by atoms with van der Waals surface area (Å²) in [5, 5.41) is 3.47. The molecule has 0 unspecified atom stereocenters. The molecule has 2 amide bonds. The first-order valence-corrected chi connectivity index (χ1v) is 13.9. The summed E-state index contributed by atoms with van der Waals surface area (Å²) in [6, 6.07) is 8.53. The van der Waals surface area contributed by atoms with E-state index in [1.807, 2.05) is 20.8 Å². The Hall–Kier alpha value is -2.69. The highest BCUT2D eigenvalue weighted by molar-refractivity contribution is 7.92. The van der Waals surface area contributed by atoms with Crippen molar-refractivity contribution in [1.82, 2.24) is 10.2 Å². The Morgan fingerprint density at radius 3 is 2.14 bits per heavy atom. The van der Waals surface area contributed by atoms with Crippen LogP contribution in [-0.2, 0) is 26.2 Å². The van der Waals surface area contributed by atoms with Crippen molar-refractivity contribution in [3.8, 4) is 11.5 Å². The molecule has 0 bridgehead atoms. The third kappa shape index (κ3) is 8.15. The van der Waals surface area contributed by atoms with E-state index < -0.39 is 40.0 Å². The Balaban J connectivity index is 2.56. The van der Waals surface area contributed by atoms with Crippen LogP contribution in [0.1, 0.15) is 33.3 Å². The Kier molecular flexibility index (Phi) is 10.1. The first kappa shape index (κ1) is 30.5. The zero-order chi connectivity index (χ0) is 28.1. The van der Waals surface area contributed by atoms with Crippen molar-refractivity contribution >= 4 is 50.7 Å². The van der Waals surface area contributed by atoms with E-state index in [4.69, 9.17) is 32.7 Å². The molecule has 1 N–H and O–H groups in total. The van der Waals surface area contributed by atoms with Gasteiger partial charge in [-0.05, 0) is 52.0 Å². The molecule has 0 spiro atoms. The lowest BCUT2D eigenvalue weighted by Gasteiger charge is -2.33. The van der Waals surface area contributed by atoms with E-state index in [1.54, 1.807) is 31.2 Å². The number of methoxy groups -OCH3 is 2. The second-order valence-electron chi connectivity index (χ2n) is 9.44. The summed E-state index contributed by atoms with van der Waals surface area (Å²) in [5.41, 5.74) is -0.0193. The molecule has 0 fully saturated rings. The molecule has 0 saturated heterocycles. The molecule has 204 valence electrons. The topological polar surface area (TPSA) is 105 Å². The van der Waals surface area contributed by atoms with Gasteiger partial charge in [0.15, 0.2) is 0 Å². The van der Waals surface area contributed by atoms with Crippen LogP contribution in [0.5, 0.6) is 11.5 Å². The summed E-state index contributed by atoms with van der Waals surface area (Å²) in [5.74, 6) is -0.482. The van der Waals surface area contributed by atoms with Gasteiger partial charge >= 0.3 is 0 Å². The zero-order valence-electron chi connectivity index (χ0n) is 22.0. The molecule has 0 aliphatic heterocycles. The van der Waals surface area contributed by atoms with Gasteiger partial charge in [-0.25, -0.2) is 8.42 Å². The van der Waals surface area contributed by atoms with Crippen molar-refractivity contribution in [2.75, 3.05) is 31.3 Å². The minimum atomic E-state index is -3.97. The molecule has 9 nitrogen and oxygen atoms in total. The largest absolute Gasteiger partial charge is 0.497 e. The highest BCUT2D eigenvalue weighted by atomic mass is 35.5. The molecule has 2 aromatic rings. The Labute approximate surface area is 228 Å². The number of nitrogens with one attached hydrogen (secondary N) is 1. The average molecular weight is 575 g/mol. The second-order valence-corrected chi connectivity index (χ2v) is 12.2. The summed E-state index contributed by atoms with van der Waals surface area (Å²) in [4.78, 5) is 28.1. The van der Waals surface area contributed by atoms with E-state index in [0.717, 1.165) is 10.6 Å². The van der Waals surface area contributed by atoms with Gasteiger partial charge in [0.25, 0.3) is 0 Å². The standard InChI is InChI=1S/C25H33Cl2N3O6S/c1-16(24(32)28-25(2,3)4)29(14-18-19(26)9-8-10-20(18)27)23(31)15-30(37(7,33)34)21-13-17(35-5)11-12-22(21)36-6/h8-13,16H,14-15H2,1-7H3,(H,28,32)/t16-/m1/s1. The minimum absolute atomic E-state index is 0.111. The summed E-state index contributed by atoms with van der Waals surface area (Å²) in [7, 11) is -1.15. The van der Waals surface area contributed by atoms with Crippen LogP contribution in [-0.4, -0.2) is 63.7 Å². The van der Waals surface area contributed by atoms with Gasteiger partial charge in [0.05, 0.1) is 26.2 Å². The molecule has 0 saturated carbocycles. The number of sulfonamides is 1. The predicted molar refractivity (Wildman–Crippen MR) is 146 cm³/mol. The van der Waals surface area contributed by atoms with Crippen molar-refractivity contribution in [2.24, 2.45) is 0 Å². The van der Waals surface area contributed by atoms with Crippen LogP contribution in [0.2, 0.25) is 10.0 Å². The van der Waals surface area contributed by atoms with Crippen molar-refractivity contribution in [3.63, 3.8) is 0 Å². The first-order chi connectivity index (χ1) is 17.1. The molecular weight excluding hydrogens is 541 g/mol. The number of anilines is 1. The van der Waals surface area contributed by atoms with E-state index in [0.29, 0.717) is 21.4 Å². The fourth-order valence-corrected chi connectivity index (χ4v) is 4.86. The third-order valence-electron chi connectivity index (χ3n) is 5.39. The number of rotatable bonds is 10. The van der Waals surface area contributed by atoms with Crippen LogP contribution in [0, 0.1) is 0 Å². The molecule has 12 heteroatoms. The third-order valence-corrected chi connectivity index (χ3v) is 7.22.